The number of carboxylic acids is 1. The van der Waals surface area contributed by atoms with Crippen LogP contribution in [0.15, 0.2) is 0 Å². The molecule has 0 fully saturated rings. The van der Waals surface area contributed by atoms with Crippen LogP contribution in [0.25, 0.3) is 0 Å². The van der Waals surface area contributed by atoms with Gasteiger partial charge >= 0.3 is 148 Å². The van der Waals surface area contributed by atoms with E-state index in [-0.39, 0.29) is 154 Å². The third kappa shape index (κ3) is 26.2. The molecule has 0 aromatic rings. The minimum Gasteiger partial charge on any atom is -0.810 e. The predicted molar refractivity (Wildman–Crippen MR) is 50.9 cm³/mol. The molecule has 0 saturated heterocycles. The number of rotatable bonds is 8. The molecule has 0 spiro atoms. The average Bonchev–Trinajstić information content (AvgIpc) is 2.10. The number of aliphatic carboxylic acids is 1. The second-order valence-corrected chi connectivity index (χ2v) is 6.90. The van der Waals surface area contributed by atoms with Gasteiger partial charge in [-0.05, 0) is 26.9 Å². The Morgan fingerprint density at radius 1 is 0.917 bits per heavy atom. The number of nitrogens with one attached hydrogen (secondary N) is 1. The van der Waals surface area contributed by atoms with Crippen LogP contribution in [0.4, 0.5) is 0 Å². The Morgan fingerprint density at radius 2 is 1.33 bits per heavy atom. The molecule has 0 saturated carbocycles. The quantitative estimate of drug-likeness (QED) is 0.288. The van der Waals surface area contributed by atoms with E-state index in [1.165, 1.54) is 0 Å². The number of hydrogen-bond donors (Lipinski definition) is 1. The van der Waals surface area contributed by atoms with Gasteiger partial charge in [0, 0.05) is 5.97 Å². The van der Waals surface area contributed by atoms with Crippen LogP contribution in [0.2, 0.25) is 0 Å². The Bertz CT molecular complexity index is 442. The fraction of sp³-hybridized carbons (Fsp3) is 0.714. The van der Waals surface area contributed by atoms with Crippen LogP contribution in [-0.4, -0.2) is 23.8 Å². The van der Waals surface area contributed by atoms with E-state index < -0.39 is 51.9 Å². The van der Waals surface area contributed by atoms with Crippen molar-refractivity contribution in [1.29, 1.82) is 0 Å². The first-order valence-electron chi connectivity index (χ1n) is 4.94. The van der Waals surface area contributed by atoms with Crippen molar-refractivity contribution in [2.24, 2.45) is 0 Å². The number of carbonyl (C=O) groups is 2. The third-order valence-electron chi connectivity index (χ3n) is 1.91. The first-order valence-corrected chi connectivity index (χ1v) is 8.28. The maximum absolute atomic E-state index is 11.0. The normalized spacial score (nSPS) is 11.0. The molecule has 0 heterocycles. The van der Waals surface area contributed by atoms with E-state index in [0.29, 0.717) is 0 Å². The van der Waals surface area contributed by atoms with Gasteiger partial charge in [0.25, 0.3) is 0 Å². The van der Waals surface area contributed by atoms with Gasteiger partial charge in [0.2, 0.25) is 5.91 Å². The molecular formula is C7H10NNa5O9P2. The van der Waals surface area contributed by atoms with E-state index in [0.717, 1.165) is 0 Å². The topological polar surface area (TPSA) is 196 Å². The Balaban J connectivity index is -0.000000162. The second-order valence-electron chi connectivity index (χ2n) is 3.66. The van der Waals surface area contributed by atoms with Crippen LogP contribution in [0.1, 0.15) is 19.3 Å². The molecule has 0 bridgehead atoms. The molecule has 0 aromatic carbocycles. The molecule has 1 N–H and O–H groups in total. The largest absolute Gasteiger partial charge is 1.00 e. The number of hydrogen-bond acceptors (Lipinski definition) is 9. The molecule has 0 aromatic heterocycles. The summed E-state index contributed by atoms with van der Waals surface area (Å²) in [6.45, 7) is 0. The Labute approximate surface area is 250 Å². The van der Waals surface area contributed by atoms with Gasteiger partial charge in [-0.15, -0.1) is 0 Å². The minimum atomic E-state index is -5.29. The summed E-state index contributed by atoms with van der Waals surface area (Å²) in [5, 5.41) is 11.7. The Hall–Kier alpha value is 4.24. The van der Waals surface area contributed by atoms with Crippen LogP contribution in [0.3, 0.4) is 0 Å². The zero-order chi connectivity index (χ0) is 15.3. The summed E-state index contributed by atoms with van der Waals surface area (Å²) in [4.78, 5) is 63.2. The molecule has 0 aliphatic carbocycles. The van der Waals surface area contributed by atoms with E-state index >= 15 is 0 Å². The fourth-order valence-corrected chi connectivity index (χ4v) is 2.40. The van der Waals surface area contributed by atoms with Gasteiger partial charge in [0.1, 0.15) is 0 Å². The molecular weight excluding hydrogens is 419 g/mol. The van der Waals surface area contributed by atoms with Crippen molar-refractivity contribution in [3.8, 4) is 0 Å². The van der Waals surface area contributed by atoms with Gasteiger partial charge in [-0.25, -0.2) is 0 Å². The molecule has 1 unspecified atom stereocenters. The minimum absolute atomic E-state index is 0. The molecule has 0 radical (unpaired) electrons. The second kappa shape index (κ2) is 20.5. The zero-order valence-electron chi connectivity index (χ0n) is 14.5. The van der Waals surface area contributed by atoms with E-state index in [9.17, 15) is 43.4 Å². The van der Waals surface area contributed by atoms with Gasteiger partial charge in [0.15, 0.2) is 0 Å². The standard InChI is InChI=1S/C7H15NO9P2.5Na/c9-5(4-18(12,13)14)8-6(19(15,16)17)2-1-3-7(10)11;;;;;/h6H,1-4H2,(H,8,9)(H,10,11)(H2,12,13,14)(H2,15,16,17);;;;;/q;5*+1/p-5. The average molecular weight is 429 g/mol. The van der Waals surface area contributed by atoms with Crippen molar-refractivity contribution in [3.63, 3.8) is 0 Å². The van der Waals surface area contributed by atoms with Gasteiger partial charge in [0.05, 0.1) is 11.9 Å². The Kier molecular flexibility index (Phi) is 36.2. The van der Waals surface area contributed by atoms with E-state index in [2.05, 4.69) is 0 Å². The zero-order valence-corrected chi connectivity index (χ0v) is 26.3. The molecule has 17 heteroatoms. The maximum Gasteiger partial charge on any atom is 1.00 e. The monoisotopic (exact) mass is 429 g/mol. The maximum atomic E-state index is 11.0. The van der Waals surface area contributed by atoms with Crippen molar-refractivity contribution < 1.29 is 191 Å². The molecule has 112 valence electrons. The van der Waals surface area contributed by atoms with Crippen LogP contribution in [0.5, 0.6) is 0 Å². The molecule has 0 aliphatic heterocycles. The van der Waals surface area contributed by atoms with Crippen molar-refractivity contribution >= 4 is 27.1 Å². The molecule has 1 amide bonds. The summed E-state index contributed by atoms with van der Waals surface area (Å²) in [5.41, 5.74) is 0. The van der Waals surface area contributed by atoms with Crippen molar-refractivity contribution in [3.05, 3.63) is 0 Å². The summed E-state index contributed by atoms with van der Waals surface area (Å²) in [6, 6.07) is 0. The van der Waals surface area contributed by atoms with Crippen LogP contribution in [-0.2, 0) is 18.7 Å². The predicted octanol–water partition coefficient (Wildman–Crippen LogP) is -19.8. The SMILES string of the molecule is O=C([O-])CCCC(NC(=O)CP(=O)([O-])[O-])P(=O)([O-])[O-].[Na+].[Na+].[Na+].[Na+].[Na+]. The van der Waals surface area contributed by atoms with Crippen LogP contribution in [0, 0.1) is 0 Å². The van der Waals surface area contributed by atoms with E-state index in [4.69, 9.17) is 0 Å². The fourth-order valence-electron chi connectivity index (χ4n) is 1.16. The molecule has 1 atom stereocenters. The van der Waals surface area contributed by atoms with Crippen LogP contribution < -0.4 is 178 Å². The van der Waals surface area contributed by atoms with Gasteiger partial charge < -0.3 is 43.9 Å². The number of carbonyl (C=O) groups excluding carboxylic acids is 2. The van der Waals surface area contributed by atoms with Crippen molar-refractivity contribution in [2.75, 3.05) is 6.16 Å². The summed E-state index contributed by atoms with van der Waals surface area (Å²) in [6.07, 6.45) is -2.81. The smallest absolute Gasteiger partial charge is 0.810 e. The molecule has 0 aliphatic rings. The first-order chi connectivity index (χ1) is 8.42. The third-order valence-corrected chi connectivity index (χ3v) is 3.73. The summed E-state index contributed by atoms with van der Waals surface area (Å²) >= 11 is 0. The summed E-state index contributed by atoms with van der Waals surface area (Å²) in [7, 11) is -10.5. The van der Waals surface area contributed by atoms with Crippen LogP contribution >= 0.6 is 15.2 Å². The van der Waals surface area contributed by atoms with Gasteiger partial charge in [-0.2, -0.15) is 0 Å². The summed E-state index contributed by atoms with van der Waals surface area (Å²) < 4.78 is 21.1. The summed E-state index contributed by atoms with van der Waals surface area (Å²) in [5.74, 6) is -4.87. The van der Waals surface area contributed by atoms with E-state index in [1.807, 2.05) is 0 Å². The number of amides is 1. The number of carboxylic acid groups (broad SMARTS) is 1. The molecule has 24 heavy (non-hydrogen) atoms. The van der Waals surface area contributed by atoms with Crippen molar-refractivity contribution in [1.82, 2.24) is 5.32 Å². The molecule has 0 rings (SSSR count). The molecule has 10 nitrogen and oxygen atoms in total. The first kappa shape index (κ1) is 42.4. The van der Waals surface area contributed by atoms with Gasteiger partial charge in [-0.3, -0.25) is 4.79 Å². The van der Waals surface area contributed by atoms with Crippen molar-refractivity contribution in [2.45, 2.75) is 25.0 Å². The van der Waals surface area contributed by atoms with Gasteiger partial charge in [-0.1, -0.05) is 7.60 Å². The van der Waals surface area contributed by atoms with E-state index in [1.54, 1.807) is 5.32 Å². The Morgan fingerprint density at radius 3 is 1.62 bits per heavy atom.